The summed E-state index contributed by atoms with van der Waals surface area (Å²) in [5, 5.41) is 0. The smallest absolute Gasteiger partial charge is 0.229 e. The second-order valence-corrected chi connectivity index (χ2v) is 10.3. The highest BCUT2D eigenvalue weighted by molar-refractivity contribution is 5.83. The lowest BCUT2D eigenvalue weighted by Crippen LogP contribution is -3.14. The average Bonchev–Trinajstić information content (AvgIpc) is 2.67. The van der Waals surface area contributed by atoms with Crippen LogP contribution in [0.5, 0.6) is 0 Å². The summed E-state index contributed by atoms with van der Waals surface area (Å²) in [4.78, 5) is 17.7. The zero-order valence-corrected chi connectivity index (χ0v) is 17.1. The molecule has 4 saturated carbocycles. The number of nitrogens with one attached hydrogen (secondary N) is 1. The first kappa shape index (κ1) is 17.7. The number of benzene rings is 1. The third-order valence-corrected chi connectivity index (χ3v) is 8.44. The normalized spacial score (nSPS) is 38.4. The van der Waals surface area contributed by atoms with Crippen LogP contribution in [0.25, 0.3) is 0 Å². The monoisotopic (exact) mass is 367 g/mol. The number of nitrogens with zero attached hydrogens (tertiary/aromatic N) is 1. The predicted octanol–water partition coefficient (Wildman–Crippen LogP) is 2.58. The number of carbonyl (C=O) groups excluding carboxylic acids is 1. The molecule has 1 aliphatic heterocycles. The summed E-state index contributed by atoms with van der Waals surface area (Å²) in [6.45, 7) is 9.83. The molecule has 0 radical (unpaired) electrons. The van der Waals surface area contributed by atoms with E-state index < -0.39 is 0 Å². The topological polar surface area (TPSA) is 24.8 Å². The molecule has 5 fully saturated rings. The van der Waals surface area contributed by atoms with Crippen molar-refractivity contribution in [1.82, 2.24) is 4.90 Å². The number of hydrogen-bond donors (Lipinski definition) is 1. The third-order valence-electron chi connectivity index (χ3n) is 8.44. The summed E-state index contributed by atoms with van der Waals surface area (Å²) in [5.74, 6) is 2.04. The second-order valence-electron chi connectivity index (χ2n) is 10.3. The van der Waals surface area contributed by atoms with Crippen LogP contribution in [-0.2, 0) is 10.2 Å². The number of likely N-dealkylation sites (N-methyl/N-ethyl adjacent to an activating group) is 1. The Morgan fingerprint density at radius 3 is 2.30 bits per heavy atom. The highest BCUT2D eigenvalue weighted by Gasteiger charge is 2.61. The first-order valence-electron chi connectivity index (χ1n) is 11.2. The van der Waals surface area contributed by atoms with E-state index >= 15 is 0 Å². The number of carbonyl (C=O) groups is 1. The summed E-state index contributed by atoms with van der Waals surface area (Å²) < 4.78 is 0. The molecule has 4 aliphatic carbocycles. The van der Waals surface area contributed by atoms with Crippen molar-refractivity contribution in [3.05, 3.63) is 35.4 Å². The lowest BCUT2D eigenvalue weighted by Gasteiger charge is -2.62. The summed E-state index contributed by atoms with van der Waals surface area (Å²) in [6.07, 6.45) is 7.43. The van der Waals surface area contributed by atoms with Gasteiger partial charge < -0.3 is 9.80 Å². The standard InChI is InChI=1S/C24H34N2O/c1-3-25-8-10-26(11-9-25)22(27)24-15-19-12-20(16-24)14-23(13-19,17-24)21-6-4-18(2)5-7-21/h4-7,19-20H,3,8-17H2,1-2H3/p+1/t19-,20+,23?,24?. The maximum absolute atomic E-state index is 13.8. The Balaban J connectivity index is 1.43. The Morgan fingerprint density at radius 2 is 1.70 bits per heavy atom. The van der Waals surface area contributed by atoms with Crippen molar-refractivity contribution in [2.24, 2.45) is 17.3 Å². The van der Waals surface area contributed by atoms with E-state index in [1.807, 2.05) is 0 Å². The van der Waals surface area contributed by atoms with Crippen molar-refractivity contribution >= 4 is 5.91 Å². The number of amides is 1. The fourth-order valence-corrected chi connectivity index (χ4v) is 7.47. The van der Waals surface area contributed by atoms with E-state index in [-0.39, 0.29) is 10.8 Å². The van der Waals surface area contributed by atoms with E-state index in [1.165, 1.54) is 36.9 Å². The molecule has 1 aromatic carbocycles. The number of piperazine rings is 1. The first-order chi connectivity index (χ1) is 13.0. The maximum Gasteiger partial charge on any atom is 0.229 e. The van der Waals surface area contributed by atoms with Crippen LogP contribution >= 0.6 is 0 Å². The fourth-order valence-electron chi connectivity index (χ4n) is 7.47. The Kier molecular flexibility index (Phi) is 4.16. The van der Waals surface area contributed by atoms with Crippen molar-refractivity contribution < 1.29 is 9.69 Å². The van der Waals surface area contributed by atoms with Crippen LogP contribution in [0.4, 0.5) is 0 Å². The Morgan fingerprint density at radius 1 is 1.07 bits per heavy atom. The molecular weight excluding hydrogens is 332 g/mol. The van der Waals surface area contributed by atoms with Gasteiger partial charge in [0.15, 0.2) is 0 Å². The molecule has 1 amide bonds. The third kappa shape index (κ3) is 2.85. The molecule has 6 rings (SSSR count). The molecule has 2 unspecified atom stereocenters. The van der Waals surface area contributed by atoms with Gasteiger partial charge in [-0.3, -0.25) is 4.79 Å². The molecule has 3 heteroatoms. The van der Waals surface area contributed by atoms with Crippen LogP contribution < -0.4 is 4.90 Å². The van der Waals surface area contributed by atoms with E-state index in [0.717, 1.165) is 57.3 Å². The van der Waals surface area contributed by atoms with Gasteiger partial charge in [0.2, 0.25) is 5.91 Å². The van der Waals surface area contributed by atoms with E-state index in [2.05, 4.69) is 43.0 Å². The summed E-state index contributed by atoms with van der Waals surface area (Å²) in [6, 6.07) is 9.28. The molecule has 3 nitrogen and oxygen atoms in total. The summed E-state index contributed by atoms with van der Waals surface area (Å²) >= 11 is 0. The summed E-state index contributed by atoms with van der Waals surface area (Å²) in [5.41, 5.74) is 3.06. The number of rotatable bonds is 3. The van der Waals surface area contributed by atoms with Crippen LogP contribution in [0.15, 0.2) is 24.3 Å². The van der Waals surface area contributed by atoms with Crippen LogP contribution in [0.1, 0.15) is 56.6 Å². The minimum Gasteiger partial charge on any atom is -0.332 e. The fraction of sp³-hybridized carbons (Fsp3) is 0.708. The van der Waals surface area contributed by atoms with Crippen LogP contribution in [0.3, 0.4) is 0 Å². The van der Waals surface area contributed by atoms with Gasteiger partial charge in [-0.05, 0) is 75.2 Å². The van der Waals surface area contributed by atoms with Gasteiger partial charge in [-0.25, -0.2) is 0 Å². The molecule has 27 heavy (non-hydrogen) atoms. The average molecular weight is 368 g/mol. The Bertz CT molecular complexity index is 702. The van der Waals surface area contributed by atoms with Gasteiger partial charge in [-0.2, -0.15) is 0 Å². The molecule has 0 spiro atoms. The van der Waals surface area contributed by atoms with Crippen molar-refractivity contribution in [1.29, 1.82) is 0 Å². The second kappa shape index (κ2) is 6.34. The lowest BCUT2D eigenvalue weighted by molar-refractivity contribution is -0.902. The van der Waals surface area contributed by atoms with Gasteiger partial charge in [0.25, 0.3) is 0 Å². The molecule has 5 aliphatic rings. The largest absolute Gasteiger partial charge is 0.332 e. The van der Waals surface area contributed by atoms with Gasteiger partial charge in [0.05, 0.1) is 38.1 Å². The Hall–Kier alpha value is -1.35. The quantitative estimate of drug-likeness (QED) is 0.873. The van der Waals surface area contributed by atoms with Crippen LogP contribution in [0, 0.1) is 24.2 Å². The van der Waals surface area contributed by atoms with E-state index in [4.69, 9.17) is 0 Å². The highest BCUT2D eigenvalue weighted by atomic mass is 16.2. The number of hydrogen-bond acceptors (Lipinski definition) is 1. The SMILES string of the molecule is CC[NH+]1CCN(C(=O)C23C[C@H]4C[C@@H](C2)CC(c2ccc(C)cc2)(C4)C3)CC1. The van der Waals surface area contributed by atoms with Crippen molar-refractivity contribution in [3.8, 4) is 0 Å². The van der Waals surface area contributed by atoms with Crippen molar-refractivity contribution in [2.45, 2.75) is 57.8 Å². The maximum atomic E-state index is 13.8. The molecular formula is C24H35N2O+. The zero-order valence-electron chi connectivity index (χ0n) is 17.1. The lowest BCUT2D eigenvalue weighted by atomic mass is 9.42. The van der Waals surface area contributed by atoms with Crippen molar-refractivity contribution in [3.63, 3.8) is 0 Å². The number of aryl methyl sites for hydroxylation is 1. The van der Waals surface area contributed by atoms with Gasteiger partial charge >= 0.3 is 0 Å². The highest BCUT2D eigenvalue weighted by Crippen LogP contribution is 2.66. The van der Waals surface area contributed by atoms with Gasteiger partial charge in [-0.1, -0.05) is 29.8 Å². The predicted molar refractivity (Wildman–Crippen MR) is 108 cm³/mol. The molecule has 1 N–H and O–H groups in total. The molecule has 1 aromatic rings. The molecule has 4 bridgehead atoms. The minimum atomic E-state index is -0.0569. The van der Waals surface area contributed by atoms with Crippen molar-refractivity contribution in [2.75, 3.05) is 32.7 Å². The molecule has 0 aromatic heterocycles. The van der Waals surface area contributed by atoms with E-state index in [9.17, 15) is 4.79 Å². The molecule has 1 heterocycles. The zero-order chi connectivity index (χ0) is 18.6. The van der Waals surface area contributed by atoms with E-state index in [1.54, 1.807) is 4.90 Å². The minimum absolute atomic E-state index is 0.0569. The number of quaternary nitrogens is 1. The van der Waals surface area contributed by atoms with Crippen LogP contribution in [-0.4, -0.2) is 43.5 Å². The Labute approximate surface area is 164 Å². The molecule has 1 saturated heterocycles. The molecule has 4 atom stereocenters. The van der Waals surface area contributed by atoms with Gasteiger partial charge in [-0.15, -0.1) is 0 Å². The van der Waals surface area contributed by atoms with Gasteiger partial charge in [0.1, 0.15) is 0 Å². The van der Waals surface area contributed by atoms with Crippen LogP contribution in [0.2, 0.25) is 0 Å². The van der Waals surface area contributed by atoms with E-state index in [0.29, 0.717) is 5.91 Å². The first-order valence-corrected chi connectivity index (χ1v) is 11.2. The summed E-state index contributed by atoms with van der Waals surface area (Å²) in [7, 11) is 0. The van der Waals surface area contributed by atoms with Gasteiger partial charge in [0, 0.05) is 0 Å². The molecule has 146 valence electrons.